The van der Waals surface area contributed by atoms with Crippen LogP contribution in [0.25, 0.3) is 0 Å². The fourth-order valence-corrected chi connectivity index (χ4v) is 2.91. The van der Waals surface area contributed by atoms with Gasteiger partial charge in [0.2, 0.25) is 5.91 Å². The molecule has 0 bridgehead atoms. The number of carbonyl (C=O) groups is 1. The number of piperidine rings is 1. The Morgan fingerprint density at radius 2 is 2.15 bits per heavy atom. The Morgan fingerprint density at radius 1 is 1.50 bits per heavy atom. The average molecular weight is 280 g/mol. The molecule has 0 aliphatic carbocycles. The number of carbonyl (C=O) groups excluding carboxylic acids is 1. The van der Waals surface area contributed by atoms with Crippen LogP contribution in [0, 0.1) is 11.2 Å². The third-order valence-corrected chi connectivity index (χ3v) is 4.01. The molecule has 1 heterocycles. The van der Waals surface area contributed by atoms with Gasteiger partial charge in [0.05, 0.1) is 0 Å². The first-order chi connectivity index (χ1) is 9.45. The van der Waals surface area contributed by atoms with E-state index in [0.29, 0.717) is 12.1 Å². The molecule has 1 amide bonds. The van der Waals surface area contributed by atoms with E-state index in [9.17, 15) is 14.3 Å². The molecule has 0 saturated carbocycles. The van der Waals surface area contributed by atoms with Crippen molar-refractivity contribution in [1.82, 2.24) is 4.90 Å². The van der Waals surface area contributed by atoms with Crippen molar-refractivity contribution in [3.63, 3.8) is 0 Å². The highest BCUT2D eigenvalue weighted by molar-refractivity contribution is 5.81. The zero-order valence-corrected chi connectivity index (χ0v) is 11.7. The Hall–Kier alpha value is -1.46. The topological polar surface area (TPSA) is 66.6 Å². The van der Waals surface area contributed by atoms with Gasteiger partial charge < -0.3 is 10.8 Å². The molecule has 2 rings (SSSR count). The number of amides is 1. The predicted octanol–water partition coefficient (Wildman–Crippen LogP) is 1.45. The first-order valence-corrected chi connectivity index (χ1v) is 6.85. The van der Waals surface area contributed by atoms with E-state index in [2.05, 4.69) is 0 Å². The van der Waals surface area contributed by atoms with Gasteiger partial charge in [0.15, 0.2) is 0 Å². The van der Waals surface area contributed by atoms with Crippen LogP contribution >= 0.6 is 0 Å². The third-order valence-electron chi connectivity index (χ3n) is 4.01. The SMILES string of the molecule is CC1(CO)CCCN(C(C(N)=O)c2ccc(F)cc2)C1. The van der Waals surface area contributed by atoms with Gasteiger partial charge in [-0.1, -0.05) is 19.1 Å². The molecule has 0 aromatic heterocycles. The van der Waals surface area contributed by atoms with Crippen LogP contribution in [-0.4, -0.2) is 35.6 Å². The highest BCUT2D eigenvalue weighted by atomic mass is 19.1. The number of benzene rings is 1. The van der Waals surface area contributed by atoms with Crippen molar-refractivity contribution in [2.75, 3.05) is 19.7 Å². The molecule has 20 heavy (non-hydrogen) atoms. The fraction of sp³-hybridized carbons (Fsp3) is 0.533. The number of hydrogen-bond acceptors (Lipinski definition) is 3. The number of nitrogens with zero attached hydrogens (tertiary/aromatic N) is 1. The number of halogens is 1. The van der Waals surface area contributed by atoms with Crippen LogP contribution in [-0.2, 0) is 4.79 Å². The normalized spacial score (nSPS) is 25.4. The monoisotopic (exact) mass is 280 g/mol. The molecule has 1 aliphatic rings. The minimum atomic E-state index is -0.568. The summed E-state index contributed by atoms with van der Waals surface area (Å²) in [7, 11) is 0. The second-order valence-corrected chi connectivity index (χ2v) is 5.90. The number of hydrogen-bond donors (Lipinski definition) is 2. The van der Waals surface area contributed by atoms with Gasteiger partial charge in [-0.05, 0) is 37.1 Å². The van der Waals surface area contributed by atoms with Crippen molar-refractivity contribution >= 4 is 5.91 Å². The van der Waals surface area contributed by atoms with Gasteiger partial charge >= 0.3 is 0 Å². The highest BCUT2D eigenvalue weighted by Gasteiger charge is 2.36. The standard InChI is InChI=1S/C15H21FN2O2/c1-15(10-19)7-2-8-18(9-15)13(14(17)20)11-3-5-12(16)6-4-11/h3-6,13,19H,2,7-10H2,1H3,(H2,17,20). The second-order valence-electron chi connectivity index (χ2n) is 5.90. The summed E-state index contributed by atoms with van der Waals surface area (Å²) in [6.45, 7) is 3.44. The van der Waals surface area contributed by atoms with Crippen LogP contribution in [0.5, 0.6) is 0 Å². The van der Waals surface area contributed by atoms with Crippen LogP contribution < -0.4 is 5.73 Å². The third kappa shape index (κ3) is 3.16. The summed E-state index contributed by atoms with van der Waals surface area (Å²) >= 11 is 0. The van der Waals surface area contributed by atoms with Crippen molar-refractivity contribution < 1.29 is 14.3 Å². The van der Waals surface area contributed by atoms with Gasteiger partial charge in [0, 0.05) is 18.6 Å². The van der Waals surface area contributed by atoms with Crippen LogP contribution in [0.1, 0.15) is 31.4 Å². The Labute approximate surface area is 118 Å². The van der Waals surface area contributed by atoms with E-state index < -0.39 is 11.9 Å². The van der Waals surface area contributed by atoms with E-state index in [1.54, 1.807) is 12.1 Å². The Bertz CT molecular complexity index is 477. The van der Waals surface area contributed by atoms with Crippen molar-refractivity contribution in [3.05, 3.63) is 35.6 Å². The first-order valence-electron chi connectivity index (χ1n) is 6.85. The number of primary amides is 1. The number of rotatable bonds is 4. The Balaban J connectivity index is 2.25. The molecule has 2 unspecified atom stereocenters. The quantitative estimate of drug-likeness (QED) is 0.877. The Kier molecular flexibility index (Phi) is 4.40. The van der Waals surface area contributed by atoms with E-state index >= 15 is 0 Å². The molecule has 5 heteroatoms. The molecule has 1 aliphatic heterocycles. The maximum Gasteiger partial charge on any atom is 0.239 e. The molecule has 0 radical (unpaired) electrons. The van der Waals surface area contributed by atoms with Gasteiger partial charge in [-0.25, -0.2) is 4.39 Å². The molecule has 1 aromatic carbocycles. The summed E-state index contributed by atoms with van der Waals surface area (Å²) in [5.74, 6) is -0.783. The molecule has 110 valence electrons. The van der Waals surface area contributed by atoms with Gasteiger partial charge in [-0.3, -0.25) is 9.69 Å². The lowest BCUT2D eigenvalue weighted by Crippen LogP contribution is -2.48. The largest absolute Gasteiger partial charge is 0.396 e. The zero-order valence-electron chi connectivity index (χ0n) is 11.7. The predicted molar refractivity (Wildman–Crippen MR) is 74.3 cm³/mol. The highest BCUT2D eigenvalue weighted by Crippen LogP contribution is 2.33. The van der Waals surface area contributed by atoms with Crippen LogP contribution in [0.3, 0.4) is 0 Å². The van der Waals surface area contributed by atoms with Crippen molar-refractivity contribution in [3.8, 4) is 0 Å². The molecule has 3 N–H and O–H groups in total. The van der Waals surface area contributed by atoms with Gasteiger partial charge in [0.1, 0.15) is 11.9 Å². The van der Waals surface area contributed by atoms with Crippen molar-refractivity contribution in [1.29, 1.82) is 0 Å². The molecular weight excluding hydrogens is 259 g/mol. The molecular formula is C15H21FN2O2. The van der Waals surface area contributed by atoms with E-state index in [-0.39, 0.29) is 17.8 Å². The van der Waals surface area contributed by atoms with Crippen LogP contribution in [0.2, 0.25) is 0 Å². The van der Waals surface area contributed by atoms with Gasteiger partial charge in [-0.15, -0.1) is 0 Å². The molecule has 1 fully saturated rings. The number of aliphatic hydroxyl groups is 1. The van der Waals surface area contributed by atoms with Gasteiger partial charge in [0.25, 0.3) is 0 Å². The minimum Gasteiger partial charge on any atom is -0.396 e. The summed E-state index contributed by atoms with van der Waals surface area (Å²) in [4.78, 5) is 13.8. The van der Waals surface area contributed by atoms with E-state index in [4.69, 9.17) is 5.73 Å². The average Bonchev–Trinajstić information content (AvgIpc) is 2.41. The number of nitrogens with two attached hydrogens (primary N) is 1. The Morgan fingerprint density at radius 3 is 2.70 bits per heavy atom. The van der Waals surface area contributed by atoms with Crippen molar-refractivity contribution in [2.45, 2.75) is 25.8 Å². The first kappa shape index (κ1) is 14.9. The second kappa shape index (κ2) is 5.89. The molecule has 4 nitrogen and oxygen atoms in total. The molecule has 1 saturated heterocycles. The van der Waals surface area contributed by atoms with E-state index in [1.807, 2.05) is 11.8 Å². The smallest absolute Gasteiger partial charge is 0.239 e. The summed E-state index contributed by atoms with van der Waals surface area (Å²) < 4.78 is 13.0. The van der Waals surface area contributed by atoms with E-state index in [0.717, 1.165) is 19.4 Å². The summed E-state index contributed by atoms with van der Waals surface area (Å²) in [6.07, 6.45) is 1.83. The zero-order chi connectivity index (χ0) is 14.8. The maximum absolute atomic E-state index is 13.0. The summed E-state index contributed by atoms with van der Waals surface area (Å²) in [5.41, 5.74) is 6.01. The molecule has 1 aromatic rings. The van der Waals surface area contributed by atoms with Gasteiger partial charge in [-0.2, -0.15) is 0 Å². The lowest BCUT2D eigenvalue weighted by molar-refractivity contribution is -0.125. The summed E-state index contributed by atoms with van der Waals surface area (Å²) in [6, 6.07) is 5.29. The molecule has 2 atom stereocenters. The van der Waals surface area contributed by atoms with E-state index in [1.165, 1.54) is 12.1 Å². The van der Waals surface area contributed by atoms with Crippen molar-refractivity contribution in [2.24, 2.45) is 11.1 Å². The summed E-state index contributed by atoms with van der Waals surface area (Å²) in [5, 5.41) is 9.50. The molecule has 0 spiro atoms. The number of aliphatic hydroxyl groups excluding tert-OH is 1. The maximum atomic E-state index is 13.0. The lowest BCUT2D eigenvalue weighted by atomic mass is 9.81. The van der Waals surface area contributed by atoms with Crippen LogP contribution in [0.4, 0.5) is 4.39 Å². The van der Waals surface area contributed by atoms with Crippen LogP contribution in [0.15, 0.2) is 24.3 Å². The fourth-order valence-electron chi connectivity index (χ4n) is 2.91. The lowest BCUT2D eigenvalue weighted by Gasteiger charge is -2.42. The minimum absolute atomic E-state index is 0.0817. The number of likely N-dealkylation sites (tertiary alicyclic amines) is 1.